The molecular weight excluding hydrogens is 875 g/mol. The van der Waals surface area contributed by atoms with Gasteiger partial charge >= 0.3 is 0 Å². The molecule has 1 N–H and O–H groups in total. The Hall–Kier alpha value is -4.63. The number of rotatable bonds is 8. The van der Waals surface area contributed by atoms with Crippen molar-refractivity contribution in [3.8, 4) is 22.4 Å². The number of aliphatic hydroxyl groups excluding tert-OH is 1. The second-order valence-corrected chi connectivity index (χ2v) is 18.0. The molecule has 6 aromatic carbocycles. The van der Waals surface area contributed by atoms with Crippen LogP contribution >= 0.6 is 0 Å². The number of carbonyl (C=O) groups is 1. The third kappa shape index (κ3) is 7.60. The normalized spacial score (nSPS) is 13.7. The standard InChI is InChI=1S/C40H32N.C13H24O2.Ir/c1-24(2)21-25-13-18-37-35(22-25)33-15-14-30-31-19-20-41-39(34(31)17-16-32(30)38(33)40(37,3)4)36-23-26-9-5-6-10-27(26)28-11-7-8-12-29(28)36;1-7-12(3,4)10(14)9-11(15)13(5,6)8-2;/h5-20,22,24H,21H2,1-4H3;9,14H,7-8H2,1-6H3;/q-1;;/b;10-9-;. The zero-order chi connectivity index (χ0) is 40.2. The minimum absolute atomic E-state index is 0. The van der Waals surface area contributed by atoms with Crippen LogP contribution in [0, 0.1) is 22.8 Å². The average molecular weight is 931 g/mol. The van der Waals surface area contributed by atoms with Gasteiger partial charge in [-0.25, -0.2) is 0 Å². The zero-order valence-corrected chi connectivity index (χ0v) is 37.6. The van der Waals surface area contributed by atoms with Crippen molar-refractivity contribution in [2.45, 2.75) is 93.9 Å². The average Bonchev–Trinajstić information content (AvgIpc) is 3.42. The molecule has 0 aliphatic heterocycles. The number of nitrogens with zero attached hydrogens (tertiary/aromatic N) is 1. The van der Waals surface area contributed by atoms with Gasteiger partial charge in [0, 0.05) is 54.3 Å². The maximum absolute atomic E-state index is 11.8. The molecule has 0 fully saturated rings. The van der Waals surface area contributed by atoms with Crippen LogP contribution in [0.1, 0.15) is 98.8 Å². The molecular formula is C53H56IrNO2-. The minimum atomic E-state index is -0.377. The molecule has 4 heteroatoms. The molecule has 1 aromatic heterocycles. The van der Waals surface area contributed by atoms with Gasteiger partial charge in [0.2, 0.25) is 0 Å². The Labute approximate surface area is 353 Å². The molecule has 1 aliphatic carbocycles. The van der Waals surface area contributed by atoms with Gasteiger partial charge in [-0.3, -0.25) is 9.78 Å². The van der Waals surface area contributed by atoms with Gasteiger partial charge in [-0.2, -0.15) is 0 Å². The van der Waals surface area contributed by atoms with E-state index in [-0.39, 0.29) is 47.9 Å². The maximum Gasteiger partial charge on any atom is 0.164 e. The summed E-state index contributed by atoms with van der Waals surface area (Å²) in [5.41, 5.74) is 8.39. The molecule has 295 valence electrons. The van der Waals surface area contributed by atoms with Crippen LogP contribution in [0.2, 0.25) is 0 Å². The van der Waals surface area contributed by atoms with Crippen molar-refractivity contribution in [2.75, 3.05) is 0 Å². The second kappa shape index (κ2) is 16.0. The number of pyridine rings is 1. The topological polar surface area (TPSA) is 50.2 Å². The molecule has 0 bridgehead atoms. The number of hydrogen-bond acceptors (Lipinski definition) is 3. The van der Waals surface area contributed by atoms with Gasteiger partial charge in [0.1, 0.15) is 5.76 Å². The van der Waals surface area contributed by atoms with E-state index in [0.29, 0.717) is 5.92 Å². The van der Waals surface area contributed by atoms with E-state index in [4.69, 9.17) is 4.98 Å². The Morgan fingerprint density at radius 1 is 0.737 bits per heavy atom. The maximum atomic E-state index is 11.8. The molecule has 1 radical (unpaired) electrons. The van der Waals surface area contributed by atoms with Crippen molar-refractivity contribution in [2.24, 2.45) is 16.7 Å². The second-order valence-electron chi connectivity index (χ2n) is 18.0. The van der Waals surface area contributed by atoms with Gasteiger partial charge in [0.25, 0.3) is 0 Å². The van der Waals surface area contributed by atoms with E-state index in [1.807, 2.05) is 47.7 Å². The Kier molecular flexibility index (Phi) is 11.8. The molecule has 7 aromatic rings. The predicted molar refractivity (Wildman–Crippen MR) is 239 cm³/mol. The van der Waals surface area contributed by atoms with Crippen molar-refractivity contribution in [3.63, 3.8) is 0 Å². The molecule has 57 heavy (non-hydrogen) atoms. The molecule has 0 saturated carbocycles. The largest absolute Gasteiger partial charge is 0.512 e. The number of aromatic nitrogens is 1. The van der Waals surface area contributed by atoms with Gasteiger partial charge in [-0.05, 0) is 80.6 Å². The van der Waals surface area contributed by atoms with E-state index in [2.05, 4.69) is 131 Å². The smallest absolute Gasteiger partial charge is 0.164 e. The first-order valence-corrected chi connectivity index (χ1v) is 20.4. The Morgan fingerprint density at radius 3 is 2.02 bits per heavy atom. The minimum Gasteiger partial charge on any atom is -0.512 e. The van der Waals surface area contributed by atoms with Gasteiger partial charge in [-0.1, -0.05) is 176 Å². The van der Waals surface area contributed by atoms with E-state index in [0.717, 1.165) is 35.9 Å². The van der Waals surface area contributed by atoms with Crippen LogP contribution in [0.15, 0.2) is 115 Å². The predicted octanol–water partition coefficient (Wildman–Crippen LogP) is 14.5. The van der Waals surface area contributed by atoms with Gasteiger partial charge < -0.3 is 5.11 Å². The molecule has 0 spiro atoms. The van der Waals surface area contributed by atoms with Crippen LogP contribution in [-0.2, 0) is 36.7 Å². The van der Waals surface area contributed by atoms with Crippen LogP contribution in [0.25, 0.3) is 65.5 Å². The summed E-state index contributed by atoms with van der Waals surface area (Å²) in [4.78, 5) is 16.8. The first-order valence-electron chi connectivity index (χ1n) is 20.4. The quantitative estimate of drug-likeness (QED) is 0.0715. The first-order chi connectivity index (χ1) is 26.6. The van der Waals surface area contributed by atoms with Gasteiger partial charge in [0.15, 0.2) is 5.78 Å². The van der Waals surface area contributed by atoms with E-state index in [1.165, 1.54) is 71.6 Å². The van der Waals surface area contributed by atoms with E-state index >= 15 is 0 Å². The fraction of sp³-hybridized carbons (Fsp3) is 0.321. The van der Waals surface area contributed by atoms with Gasteiger partial charge in [0.05, 0.1) is 0 Å². The van der Waals surface area contributed by atoms with E-state index in [1.54, 1.807) is 0 Å². The molecule has 0 saturated heterocycles. The monoisotopic (exact) mass is 931 g/mol. The number of aliphatic hydroxyl groups is 1. The molecule has 0 amide bonds. The number of hydrogen-bond donors (Lipinski definition) is 1. The molecule has 1 heterocycles. The number of benzene rings is 6. The van der Waals surface area contributed by atoms with Crippen molar-refractivity contribution in [1.82, 2.24) is 4.98 Å². The van der Waals surface area contributed by atoms with Crippen LogP contribution < -0.4 is 0 Å². The summed E-state index contributed by atoms with van der Waals surface area (Å²) in [5.74, 6) is 0.838. The van der Waals surface area contributed by atoms with Crippen LogP contribution in [0.5, 0.6) is 0 Å². The Morgan fingerprint density at radius 2 is 1.33 bits per heavy atom. The Bertz CT molecular complexity index is 2680. The Balaban J connectivity index is 0.000000295. The molecule has 1 aliphatic rings. The van der Waals surface area contributed by atoms with Crippen LogP contribution in [0.3, 0.4) is 0 Å². The van der Waals surface area contributed by atoms with E-state index < -0.39 is 0 Å². The summed E-state index contributed by atoms with van der Waals surface area (Å²) in [6.07, 6.45) is 6.07. The summed E-state index contributed by atoms with van der Waals surface area (Å²) in [6, 6.07) is 39.6. The summed E-state index contributed by atoms with van der Waals surface area (Å²) >= 11 is 0. The summed E-state index contributed by atoms with van der Waals surface area (Å²) in [6.45, 7) is 21.0. The molecule has 8 rings (SSSR count). The van der Waals surface area contributed by atoms with Crippen LogP contribution in [-0.4, -0.2) is 15.9 Å². The van der Waals surface area contributed by atoms with Crippen molar-refractivity contribution < 1.29 is 30.0 Å². The molecule has 3 nitrogen and oxygen atoms in total. The van der Waals surface area contributed by atoms with Crippen molar-refractivity contribution in [1.29, 1.82) is 0 Å². The SMILES string of the molecule is CC(C)Cc1ccc2c(c1)-c1ccc3c(ccc4c(-c5[c-]c6ccccc6c6ccccc56)nccc43)c1C2(C)C.CCC(C)(C)C(=O)/C=C(\O)C(C)(C)CC.[Ir]. The zero-order valence-electron chi connectivity index (χ0n) is 35.2. The van der Waals surface area contributed by atoms with Crippen LogP contribution in [0.4, 0.5) is 0 Å². The number of fused-ring (bicyclic) bond motifs is 10. The van der Waals surface area contributed by atoms with Gasteiger partial charge in [-0.15, -0.1) is 17.5 Å². The fourth-order valence-electron chi connectivity index (χ4n) is 8.28. The molecule has 0 unspecified atom stereocenters. The van der Waals surface area contributed by atoms with Crippen molar-refractivity contribution in [3.05, 3.63) is 138 Å². The third-order valence-electron chi connectivity index (χ3n) is 12.6. The first kappa shape index (κ1) is 42.0. The summed E-state index contributed by atoms with van der Waals surface area (Å²) in [5, 5.41) is 19.7. The number of carbonyl (C=O) groups excluding carboxylic acids is 1. The summed E-state index contributed by atoms with van der Waals surface area (Å²) < 4.78 is 0. The van der Waals surface area contributed by atoms with E-state index in [9.17, 15) is 9.90 Å². The summed E-state index contributed by atoms with van der Waals surface area (Å²) in [7, 11) is 0. The molecule has 0 atom stereocenters. The third-order valence-corrected chi connectivity index (χ3v) is 12.6. The number of allylic oxidation sites excluding steroid dienone is 2. The fourth-order valence-corrected chi connectivity index (χ4v) is 8.28. The van der Waals surface area contributed by atoms with Crippen molar-refractivity contribution >= 4 is 48.9 Å². The number of ketones is 1.